The number of ether oxygens (including phenoxy) is 2. The van der Waals surface area contributed by atoms with Crippen LogP contribution in [0, 0.1) is 0 Å². The summed E-state index contributed by atoms with van der Waals surface area (Å²) >= 11 is 0. The van der Waals surface area contributed by atoms with E-state index in [1.807, 2.05) is 30.3 Å². The van der Waals surface area contributed by atoms with Crippen molar-refractivity contribution >= 4 is 0 Å². The number of benzene rings is 1. The second-order valence-corrected chi connectivity index (χ2v) is 3.91. The Hall–Kier alpha value is -2.07. The van der Waals surface area contributed by atoms with Crippen molar-refractivity contribution in [2.45, 2.75) is 6.04 Å². The lowest BCUT2D eigenvalue weighted by molar-refractivity contribution is 0.393. The molecule has 0 fully saturated rings. The summed E-state index contributed by atoms with van der Waals surface area (Å²) in [5.74, 6) is 1.45. The quantitative estimate of drug-likeness (QED) is 0.895. The third kappa shape index (κ3) is 2.60. The van der Waals surface area contributed by atoms with E-state index in [0.29, 0.717) is 0 Å². The second-order valence-electron chi connectivity index (χ2n) is 3.91. The molecule has 2 aromatic rings. The van der Waals surface area contributed by atoms with Crippen molar-refractivity contribution in [1.29, 1.82) is 0 Å². The highest BCUT2D eigenvalue weighted by atomic mass is 16.5. The number of pyridine rings is 1. The molecule has 1 aromatic heterocycles. The maximum absolute atomic E-state index is 6.21. The van der Waals surface area contributed by atoms with E-state index >= 15 is 0 Å². The fourth-order valence-corrected chi connectivity index (χ4v) is 1.76. The van der Waals surface area contributed by atoms with Gasteiger partial charge < -0.3 is 15.2 Å². The molecule has 0 aliphatic rings. The molecule has 4 nitrogen and oxygen atoms in total. The van der Waals surface area contributed by atoms with Gasteiger partial charge >= 0.3 is 0 Å². The highest BCUT2D eigenvalue weighted by Crippen LogP contribution is 2.28. The number of nitrogens with two attached hydrogens (primary N) is 1. The second kappa shape index (κ2) is 5.51. The first-order valence-electron chi connectivity index (χ1n) is 5.63. The third-order valence-electron chi connectivity index (χ3n) is 2.78. The molecule has 2 rings (SSSR count). The van der Waals surface area contributed by atoms with Crippen LogP contribution in [0.15, 0.2) is 42.7 Å². The maximum atomic E-state index is 6.21. The smallest absolute Gasteiger partial charge is 0.122 e. The number of hydrogen-bond donors (Lipinski definition) is 1. The number of methoxy groups -OCH3 is 2. The van der Waals surface area contributed by atoms with Crippen molar-refractivity contribution in [3.63, 3.8) is 0 Å². The van der Waals surface area contributed by atoms with E-state index in [9.17, 15) is 0 Å². The standard InChI is InChI=1S/C14H16N2O2/c1-17-12-6-11(7-13(8-12)18-2)14(15)10-4-3-5-16-9-10/h3-9,14H,15H2,1-2H3. The van der Waals surface area contributed by atoms with E-state index in [2.05, 4.69) is 4.98 Å². The molecule has 0 aliphatic carbocycles. The molecule has 0 bridgehead atoms. The van der Waals surface area contributed by atoms with E-state index in [1.165, 1.54) is 0 Å². The van der Waals surface area contributed by atoms with Gasteiger partial charge in [0.1, 0.15) is 11.5 Å². The molecule has 4 heteroatoms. The summed E-state index contributed by atoms with van der Waals surface area (Å²) in [6, 6.07) is 9.19. The molecule has 0 amide bonds. The summed E-state index contributed by atoms with van der Waals surface area (Å²) < 4.78 is 10.5. The molecule has 0 saturated carbocycles. The van der Waals surface area contributed by atoms with E-state index in [1.54, 1.807) is 26.6 Å². The van der Waals surface area contributed by atoms with E-state index < -0.39 is 0 Å². The van der Waals surface area contributed by atoms with E-state index in [0.717, 1.165) is 22.6 Å². The maximum Gasteiger partial charge on any atom is 0.122 e. The van der Waals surface area contributed by atoms with Crippen molar-refractivity contribution < 1.29 is 9.47 Å². The Morgan fingerprint density at radius 3 is 2.22 bits per heavy atom. The van der Waals surface area contributed by atoms with Gasteiger partial charge in [-0.2, -0.15) is 0 Å². The van der Waals surface area contributed by atoms with Gasteiger partial charge in [-0.25, -0.2) is 0 Å². The molecular formula is C14H16N2O2. The van der Waals surface area contributed by atoms with Gasteiger partial charge in [0.05, 0.1) is 20.3 Å². The predicted octanol–water partition coefficient (Wildman–Crippen LogP) is 2.15. The van der Waals surface area contributed by atoms with Crippen LogP contribution in [0.25, 0.3) is 0 Å². The first-order chi connectivity index (χ1) is 8.74. The first-order valence-corrected chi connectivity index (χ1v) is 5.63. The summed E-state index contributed by atoms with van der Waals surface area (Å²) in [6.07, 6.45) is 3.49. The average molecular weight is 244 g/mol. The van der Waals surface area contributed by atoms with Crippen molar-refractivity contribution in [2.24, 2.45) is 5.73 Å². The SMILES string of the molecule is COc1cc(OC)cc(C(N)c2cccnc2)c1. The fourth-order valence-electron chi connectivity index (χ4n) is 1.76. The van der Waals surface area contributed by atoms with E-state index in [4.69, 9.17) is 15.2 Å². The summed E-state index contributed by atoms with van der Waals surface area (Å²) in [5, 5.41) is 0. The Labute approximate surface area is 106 Å². The predicted molar refractivity (Wildman–Crippen MR) is 69.8 cm³/mol. The fraction of sp³-hybridized carbons (Fsp3) is 0.214. The topological polar surface area (TPSA) is 57.4 Å². The van der Waals surface area contributed by atoms with Crippen LogP contribution in [0.4, 0.5) is 0 Å². The summed E-state index contributed by atoms with van der Waals surface area (Å²) in [7, 11) is 3.24. The minimum Gasteiger partial charge on any atom is -0.497 e. The summed E-state index contributed by atoms with van der Waals surface area (Å²) in [4.78, 5) is 4.07. The van der Waals surface area contributed by atoms with Gasteiger partial charge in [-0.3, -0.25) is 4.98 Å². The molecule has 0 aliphatic heterocycles. The zero-order valence-electron chi connectivity index (χ0n) is 10.5. The Kier molecular flexibility index (Phi) is 3.79. The third-order valence-corrected chi connectivity index (χ3v) is 2.78. The number of hydrogen-bond acceptors (Lipinski definition) is 4. The van der Waals surface area contributed by atoms with Crippen LogP contribution >= 0.6 is 0 Å². The molecule has 1 unspecified atom stereocenters. The molecule has 1 heterocycles. The van der Waals surface area contributed by atoms with Crippen LogP contribution in [0.1, 0.15) is 17.2 Å². The van der Waals surface area contributed by atoms with E-state index in [-0.39, 0.29) is 6.04 Å². The molecule has 94 valence electrons. The number of nitrogens with zero attached hydrogens (tertiary/aromatic N) is 1. The normalized spacial score (nSPS) is 11.9. The number of aromatic nitrogens is 1. The largest absolute Gasteiger partial charge is 0.497 e. The first kappa shape index (κ1) is 12.4. The van der Waals surface area contributed by atoms with Gasteiger partial charge in [0.15, 0.2) is 0 Å². The minimum atomic E-state index is -0.248. The molecule has 18 heavy (non-hydrogen) atoms. The highest BCUT2D eigenvalue weighted by molar-refractivity contribution is 5.42. The zero-order valence-corrected chi connectivity index (χ0v) is 10.5. The lowest BCUT2D eigenvalue weighted by atomic mass is 10.0. The van der Waals surface area contributed by atoms with Crippen LogP contribution in [-0.2, 0) is 0 Å². The Balaban J connectivity index is 2.38. The van der Waals surface area contributed by atoms with Gasteiger partial charge in [0, 0.05) is 18.5 Å². The average Bonchev–Trinajstić information content (AvgIpc) is 2.46. The van der Waals surface area contributed by atoms with Crippen LogP contribution in [0.3, 0.4) is 0 Å². The molecular weight excluding hydrogens is 228 g/mol. The number of rotatable bonds is 4. The van der Waals surface area contributed by atoms with Crippen molar-refractivity contribution in [3.05, 3.63) is 53.9 Å². The zero-order chi connectivity index (χ0) is 13.0. The van der Waals surface area contributed by atoms with Gasteiger partial charge in [-0.15, -0.1) is 0 Å². The van der Waals surface area contributed by atoms with Crippen LogP contribution < -0.4 is 15.2 Å². The molecule has 1 aromatic carbocycles. The van der Waals surface area contributed by atoms with Crippen molar-refractivity contribution in [1.82, 2.24) is 4.98 Å². The summed E-state index contributed by atoms with van der Waals surface area (Å²) in [5.41, 5.74) is 8.09. The van der Waals surface area contributed by atoms with Gasteiger partial charge in [0.2, 0.25) is 0 Å². The molecule has 1 atom stereocenters. The highest BCUT2D eigenvalue weighted by Gasteiger charge is 2.11. The Bertz CT molecular complexity index is 492. The van der Waals surface area contributed by atoms with Gasteiger partial charge in [-0.1, -0.05) is 6.07 Å². The Morgan fingerprint density at radius 1 is 1.06 bits per heavy atom. The van der Waals surface area contributed by atoms with Crippen LogP contribution in [-0.4, -0.2) is 19.2 Å². The van der Waals surface area contributed by atoms with Crippen LogP contribution in [0.2, 0.25) is 0 Å². The Morgan fingerprint density at radius 2 is 1.72 bits per heavy atom. The molecule has 0 spiro atoms. The molecule has 0 saturated heterocycles. The lowest BCUT2D eigenvalue weighted by Gasteiger charge is -2.14. The van der Waals surface area contributed by atoms with Crippen molar-refractivity contribution in [2.75, 3.05) is 14.2 Å². The molecule has 2 N–H and O–H groups in total. The summed E-state index contributed by atoms with van der Waals surface area (Å²) in [6.45, 7) is 0. The monoisotopic (exact) mass is 244 g/mol. The van der Waals surface area contributed by atoms with Gasteiger partial charge in [-0.05, 0) is 29.3 Å². The lowest BCUT2D eigenvalue weighted by Crippen LogP contribution is -2.12. The van der Waals surface area contributed by atoms with Gasteiger partial charge in [0.25, 0.3) is 0 Å². The van der Waals surface area contributed by atoms with Crippen LogP contribution in [0.5, 0.6) is 11.5 Å². The minimum absolute atomic E-state index is 0.248. The van der Waals surface area contributed by atoms with Crippen molar-refractivity contribution in [3.8, 4) is 11.5 Å². The molecule has 0 radical (unpaired) electrons.